The molecule has 1 aromatic heterocycles. The second-order valence-electron chi connectivity index (χ2n) is 7.92. The quantitative estimate of drug-likeness (QED) is 0.830. The molecule has 1 aromatic carbocycles. The molecule has 1 unspecified atom stereocenters. The molecule has 0 radical (unpaired) electrons. The zero-order valence-corrected chi connectivity index (χ0v) is 16.4. The Morgan fingerprint density at radius 2 is 2.04 bits per heavy atom. The molecule has 2 aromatic rings. The van der Waals surface area contributed by atoms with Gasteiger partial charge in [-0.3, -0.25) is 9.08 Å². The van der Waals surface area contributed by atoms with Crippen molar-refractivity contribution in [1.29, 1.82) is 0 Å². The van der Waals surface area contributed by atoms with Crippen molar-refractivity contribution in [3.05, 3.63) is 35.5 Å². The third kappa shape index (κ3) is 3.55. The monoisotopic (exact) mass is 376 g/mol. The van der Waals surface area contributed by atoms with Crippen LogP contribution in [0.5, 0.6) is 0 Å². The minimum Gasteiger partial charge on any atom is -0.357 e. The lowest BCUT2D eigenvalue weighted by molar-refractivity contribution is 0.157. The summed E-state index contributed by atoms with van der Waals surface area (Å²) in [5.41, 5.74) is 3.98. The second kappa shape index (κ2) is 6.98. The van der Waals surface area contributed by atoms with Crippen LogP contribution < -0.4 is 0 Å². The van der Waals surface area contributed by atoms with E-state index >= 15 is 0 Å². The van der Waals surface area contributed by atoms with E-state index in [0.29, 0.717) is 18.6 Å². The van der Waals surface area contributed by atoms with Crippen LogP contribution in [0.2, 0.25) is 0 Å². The van der Waals surface area contributed by atoms with E-state index in [2.05, 4.69) is 41.1 Å². The summed E-state index contributed by atoms with van der Waals surface area (Å²) in [5, 5.41) is 1.34. The highest BCUT2D eigenvalue weighted by molar-refractivity contribution is 7.85. The third-order valence-electron chi connectivity index (χ3n) is 6.08. The van der Waals surface area contributed by atoms with Gasteiger partial charge in [0.05, 0.1) is 18.9 Å². The van der Waals surface area contributed by atoms with Gasteiger partial charge in [-0.25, -0.2) is 0 Å². The van der Waals surface area contributed by atoms with Crippen molar-refractivity contribution in [3.63, 3.8) is 0 Å². The fourth-order valence-electron chi connectivity index (χ4n) is 4.80. The van der Waals surface area contributed by atoms with Gasteiger partial charge in [-0.1, -0.05) is 31.5 Å². The maximum Gasteiger partial charge on any atom is 0.264 e. The smallest absolute Gasteiger partial charge is 0.264 e. The van der Waals surface area contributed by atoms with Crippen molar-refractivity contribution in [2.75, 3.05) is 26.0 Å². The first-order valence-electron chi connectivity index (χ1n) is 9.62. The van der Waals surface area contributed by atoms with Gasteiger partial charge in [0, 0.05) is 29.7 Å². The summed E-state index contributed by atoms with van der Waals surface area (Å²) in [4.78, 5) is 6.27. The van der Waals surface area contributed by atoms with Gasteiger partial charge in [0.15, 0.2) is 0 Å². The van der Waals surface area contributed by atoms with Crippen LogP contribution in [0.4, 0.5) is 0 Å². The summed E-state index contributed by atoms with van der Waals surface area (Å²) in [6, 6.07) is 8.86. The highest BCUT2D eigenvalue weighted by atomic mass is 32.2. The molecule has 142 valence electrons. The molecule has 0 aliphatic carbocycles. The maximum absolute atomic E-state index is 11.5. The molecule has 0 bridgehead atoms. The highest BCUT2D eigenvalue weighted by Crippen LogP contribution is 2.42. The maximum atomic E-state index is 11.5. The number of aromatic nitrogens is 1. The number of nitrogens with zero attached hydrogens (tertiary/aromatic N) is 1. The lowest BCUT2D eigenvalue weighted by atomic mass is 9.89. The fraction of sp³-hybridized carbons (Fsp3) is 0.600. The number of rotatable bonds is 4. The summed E-state index contributed by atoms with van der Waals surface area (Å²) in [5.74, 6) is 0.862. The Hall–Kier alpha value is -1.37. The Balaban J connectivity index is 1.66. The minimum atomic E-state index is -3.39. The molecule has 6 heteroatoms. The molecule has 0 amide bonds. The van der Waals surface area contributed by atoms with Gasteiger partial charge >= 0.3 is 0 Å². The van der Waals surface area contributed by atoms with E-state index < -0.39 is 10.1 Å². The van der Waals surface area contributed by atoms with E-state index in [1.165, 1.54) is 22.2 Å². The Kier molecular flexibility index (Phi) is 4.84. The van der Waals surface area contributed by atoms with E-state index in [1.54, 1.807) is 0 Å². The van der Waals surface area contributed by atoms with Crippen molar-refractivity contribution in [3.8, 4) is 0 Å². The average molecular weight is 377 g/mol. The van der Waals surface area contributed by atoms with E-state index in [4.69, 9.17) is 4.18 Å². The molecule has 2 aliphatic rings. The van der Waals surface area contributed by atoms with Crippen LogP contribution in [-0.2, 0) is 20.7 Å². The predicted octanol–water partition coefficient (Wildman–Crippen LogP) is 3.48. The summed E-state index contributed by atoms with van der Waals surface area (Å²) < 4.78 is 28.1. The van der Waals surface area contributed by atoms with Crippen molar-refractivity contribution < 1.29 is 12.6 Å². The predicted molar refractivity (Wildman–Crippen MR) is 104 cm³/mol. The molecule has 4 rings (SSSR count). The van der Waals surface area contributed by atoms with Crippen LogP contribution in [0.3, 0.4) is 0 Å². The summed E-state index contributed by atoms with van der Waals surface area (Å²) in [7, 11) is -3.39. The minimum absolute atomic E-state index is 0.266. The number of H-pyrrole nitrogens is 1. The van der Waals surface area contributed by atoms with Gasteiger partial charge < -0.3 is 4.98 Å². The molecular weight excluding hydrogens is 348 g/mol. The molecule has 3 heterocycles. The van der Waals surface area contributed by atoms with Crippen molar-refractivity contribution in [1.82, 2.24) is 9.88 Å². The highest BCUT2D eigenvalue weighted by Gasteiger charge is 2.36. The van der Waals surface area contributed by atoms with E-state index in [9.17, 15) is 8.42 Å². The van der Waals surface area contributed by atoms with Gasteiger partial charge in [0.2, 0.25) is 0 Å². The SMILES string of the molecule is CC[C@@H]1C[C@@H](COS(C)(=O)=O)CC2c3[nH]c4ccccc4c3CCN2C1. The largest absolute Gasteiger partial charge is 0.357 e. The molecule has 2 aliphatic heterocycles. The summed E-state index contributed by atoms with van der Waals surface area (Å²) in [6.07, 6.45) is 5.33. The molecule has 0 saturated carbocycles. The number of aromatic amines is 1. The van der Waals surface area contributed by atoms with Gasteiger partial charge in [-0.05, 0) is 42.7 Å². The van der Waals surface area contributed by atoms with Crippen molar-refractivity contribution in [2.24, 2.45) is 11.8 Å². The van der Waals surface area contributed by atoms with E-state index in [-0.39, 0.29) is 5.92 Å². The number of hydrogen-bond donors (Lipinski definition) is 1. The first-order valence-corrected chi connectivity index (χ1v) is 11.4. The number of benzene rings is 1. The van der Waals surface area contributed by atoms with Crippen LogP contribution in [0.25, 0.3) is 10.9 Å². The van der Waals surface area contributed by atoms with Crippen LogP contribution in [-0.4, -0.2) is 44.3 Å². The molecule has 1 fully saturated rings. The zero-order chi connectivity index (χ0) is 18.3. The molecule has 0 spiro atoms. The Labute approximate surface area is 155 Å². The van der Waals surface area contributed by atoms with Crippen LogP contribution in [0.1, 0.15) is 43.5 Å². The van der Waals surface area contributed by atoms with Crippen LogP contribution in [0.15, 0.2) is 24.3 Å². The standard InChI is InChI=1S/C20H28N2O3S/c1-3-14-10-15(13-25-26(2,23)24)11-19-20-17(8-9-22(19)12-14)16-6-4-5-7-18(16)21-20/h4-7,14-15,19,21H,3,8-13H2,1-2H3/t14-,15-,19?/m1/s1. The topological polar surface area (TPSA) is 62.4 Å². The molecule has 26 heavy (non-hydrogen) atoms. The van der Waals surface area contributed by atoms with Gasteiger partial charge in [-0.15, -0.1) is 0 Å². The molecule has 1 N–H and O–H groups in total. The molecular formula is C20H28N2O3S. The second-order valence-corrected chi connectivity index (χ2v) is 9.57. The molecule has 1 saturated heterocycles. The van der Waals surface area contributed by atoms with Crippen LogP contribution >= 0.6 is 0 Å². The molecule has 3 atom stereocenters. The van der Waals surface area contributed by atoms with Crippen molar-refractivity contribution in [2.45, 2.75) is 38.6 Å². The van der Waals surface area contributed by atoms with Gasteiger partial charge in [-0.2, -0.15) is 8.42 Å². The number of para-hydroxylation sites is 1. The summed E-state index contributed by atoms with van der Waals surface area (Å²) in [6.45, 7) is 4.70. The normalized spacial score (nSPS) is 27.1. The van der Waals surface area contributed by atoms with Crippen LogP contribution in [0, 0.1) is 11.8 Å². The Morgan fingerprint density at radius 3 is 2.81 bits per heavy atom. The van der Waals surface area contributed by atoms with Gasteiger partial charge in [0.25, 0.3) is 10.1 Å². The van der Waals surface area contributed by atoms with E-state index in [1.807, 2.05) is 0 Å². The zero-order valence-electron chi connectivity index (χ0n) is 15.6. The Morgan fingerprint density at radius 1 is 1.23 bits per heavy atom. The number of fused-ring (bicyclic) bond motifs is 5. The first-order chi connectivity index (χ1) is 12.4. The third-order valence-corrected chi connectivity index (χ3v) is 6.65. The van der Waals surface area contributed by atoms with Crippen molar-refractivity contribution >= 4 is 21.0 Å². The lowest BCUT2D eigenvalue weighted by Gasteiger charge is -2.36. The van der Waals surface area contributed by atoms with E-state index in [0.717, 1.165) is 45.0 Å². The molecule has 5 nitrogen and oxygen atoms in total. The Bertz CT molecular complexity index is 890. The first kappa shape index (κ1) is 18.0. The van der Waals surface area contributed by atoms with Gasteiger partial charge in [0.1, 0.15) is 0 Å². The number of nitrogens with one attached hydrogen (secondary N) is 1. The average Bonchev–Trinajstić information content (AvgIpc) is 2.87. The lowest BCUT2D eigenvalue weighted by Crippen LogP contribution is -2.37. The fourth-order valence-corrected chi connectivity index (χ4v) is 5.23. The number of hydrogen-bond acceptors (Lipinski definition) is 4. The summed E-state index contributed by atoms with van der Waals surface area (Å²) >= 11 is 0.